The number of rotatable bonds is 8. The summed E-state index contributed by atoms with van der Waals surface area (Å²) in [5.41, 5.74) is 5.55. The largest absolute Gasteiger partial charge is 0.473 e. The lowest BCUT2D eigenvalue weighted by Crippen LogP contribution is -2.29. The topological polar surface area (TPSA) is 77.7 Å². The molecule has 1 amide bonds. The van der Waals surface area contributed by atoms with E-state index >= 15 is 0 Å². The quantitative estimate of drug-likeness (QED) is 0.180. The molecule has 0 aliphatic carbocycles. The molecule has 0 radical (unpaired) electrons. The summed E-state index contributed by atoms with van der Waals surface area (Å²) in [7, 11) is 0. The third-order valence-electron chi connectivity index (χ3n) is 7.66. The molecule has 218 valence electrons. The number of anilines is 1. The monoisotopic (exact) mass is 585 g/mol. The Hall–Kier alpha value is -5.50. The second kappa shape index (κ2) is 11.6. The van der Waals surface area contributed by atoms with Crippen LogP contribution in [0.2, 0.25) is 0 Å². The Morgan fingerprint density at radius 1 is 0.864 bits per heavy atom. The number of benzene rings is 4. The smallest absolute Gasteiger partial charge is 0.258 e. The maximum atomic E-state index is 14.0. The van der Waals surface area contributed by atoms with Gasteiger partial charge in [-0.2, -0.15) is 4.98 Å². The van der Waals surface area contributed by atoms with Gasteiger partial charge in [0.15, 0.2) is 5.58 Å². The highest BCUT2D eigenvalue weighted by Gasteiger charge is 2.31. The van der Waals surface area contributed by atoms with E-state index in [4.69, 9.17) is 13.9 Å². The first kappa shape index (κ1) is 27.3. The van der Waals surface area contributed by atoms with E-state index in [0.29, 0.717) is 58.7 Å². The van der Waals surface area contributed by atoms with Crippen molar-refractivity contribution in [3.8, 4) is 23.2 Å². The van der Waals surface area contributed by atoms with Crippen molar-refractivity contribution in [2.75, 3.05) is 11.4 Å². The van der Waals surface area contributed by atoms with Gasteiger partial charge in [-0.05, 0) is 53.1 Å². The Kier molecular flexibility index (Phi) is 7.24. The van der Waals surface area contributed by atoms with Crippen LogP contribution in [-0.4, -0.2) is 22.4 Å². The van der Waals surface area contributed by atoms with Gasteiger partial charge in [0.2, 0.25) is 17.7 Å². The Balaban J connectivity index is 1.18. The third kappa shape index (κ3) is 5.49. The van der Waals surface area contributed by atoms with Gasteiger partial charge >= 0.3 is 0 Å². The van der Waals surface area contributed by atoms with Crippen molar-refractivity contribution < 1.29 is 23.1 Å². The number of carbonyl (C=O) groups excluding carboxylic acids is 1. The number of aromatic nitrogens is 2. The molecule has 0 unspecified atom stereocenters. The summed E-state index contributed by atoms with van der Waals surface area (Å²) in [6.07, 6.45) is 0. The molecule has 0 fully saturated rings. The molecule has 0 N–H and O–H groups in total. The summed E-state index contributed by atoms with van der Waals surface area (Å²) >= 11 is 0. The predicted molar refractivity (Wildman–Crippen MR) is 165 cm³/mol. The van der Waals surface area contributed by atoms with Crippen LogP contribution in [0.1, 0.15) is 39.9 Å². The molecular formula is C36H28FN3O4. The lowest BCUT2D eigenvalue weighted by atomic mass is 10.0. The van der Waals surface area contributed by atoms with Crippen LogP contribution in [0.25, 0.3) is 22.6 Å². The minimum atomic E-state index is -0.374. The number of amides is 1. The molecule has 1 aliphatic heterocycles. The van der Waals surface area contributed by atoms with Crippen LogP contribution in [0.4, 0.5) is 10.1 Å². The summed E-state index contributed by atoms with van der Waals surface area (Å²) in [5, 5.41) is 0. The fourth-order valence-electron chi connectivity index (χ4n) is 5.39. The molecule has 7 rings (SSSR count). The predicted octanol–water partition coefficient (Wildman–Crippen LogP) is 7.95. The van der Waals surface area contributed by atoms with Crippen molar-refractivity contribution in [3.05, 3.63) is 137 Å². The number of nitrogens with zero attached hydrogens (tertiary/aromatic N) is 3. The number of halogens is 1. The van der Waals surface area contributed by atoms with E-state index in [2.05, 4.69) is 9.97 Å². The number of carbonyl (C=O) groups is 1. The van der Waals surface area contributed by atoms with E-state index in [-0.39, 0.29) is 24.2 Å². The van der Waals surface area contributed by atoms with Gasteiger partial charge in [0.1, 0.15) is 24.5 Å². The molecule has 4 aromatic carbocycles. The van der Waals surface area contributed by atoms with E-state index in [1.165, 1.54) is 12.1 Å². The fourth-order valence-corrected chi connectivity index (χ4v) is 5.39. The molecule has 0 bridgehead atoms. The maximum absolute atomic E-state index is 14.0. The molecule has 6 aromatic rings. The highest BCUT2D eigenvalue weighted by molar-refractivity contribution is 6.08. The van der Waals surface area contributed by atoms with Gasteiger partial charge < -0.3 is 18.8 Å². The molecule has 0 spiro atoms. The van der Waals surface area contributed by atoms with Crippen molar-refractivity contribution >= 4 is 22.7 Å². The second-order valence-corrected chi connectivity index (χ2v) is 10.8. The summed E-state index contributed by atoms with van der Waals surface area (Å²) < 4.78 is 32.3. The highest BCUT2D eigenvalue weighted by atomic mass is 19.1. The van der Waals surface area contributed by atoms with Gasteiger partial charge in [-0.15, -0.1) is 0 Å². The van der Waals surface area contributed by atoms with Crippen LogP contribution < -0.4 is 14.4 Å². The molecule has 0 saturated carbocycles. The number of ether oxygens (including phenoxy) is 2. The molecule has 3 heterocycles. The summed E-state index contributed by atoms with van der Waals surface area (Å²) in [5.74, 6) is 0.526. The van der Waals surface area contributed by atoms with E-state index in [0.717, 1.165) is 16.7 Å². The number of oxazole rings is 1. The van der Waals surface area contributed by atoms with E-state index in [9.17, 15) is 9.18 Å². The van der Waals surface area contributed by atoms with Crippen LogP contribution in [0.3, 0.4) is 0 Å². The number of hydrogen-bond acceptors (Lipinski definition) is 6. The first-order chi connectivity index (χ1) is 21.5. The summed E-state index contributed by atoms with van der Waals surface area (Å²) in [4.78, 5) is 24.5. The van der Waals surface area contributed by atoms with Crippen molar-refractivity contribution in [1.82, 2.24) is 9.97 Å². The van der Waals surface area contributed by atoms with Gasteiger partial charge in [-0.25, -0.2) is 9.37 Å². The molecule has 1 aliphatic rings. The zero-order valence-electron chi connectivity index (χ0n) is 23.9. The zero-order valence-corrected chi connectivity index (χ0v) is 23.9. The first-order valence-electron chi connectivity index (χ1n) is 14.4. The highest BCUT2D eigenvalue weighted by Crippen LogP contribution is 2.38. The molecule has 8 heteroatoms. The zero-order chi connectivity index (χ0) is 30.0. The molecule has 1 atom stereocenters. The number of pyridine rings is 1. The number of hydrogen-bond donors (Lipinski definition) is 0. The van der Waals surface area contributed by atoms with Crippen LogP contribution in [0.5, 0.6) is 11.8 Å². The van der Waals surface area contributed by atoms with Crippen LogP contribution in [0.15, 0.2) is 114 Å². The maximum Gasteiger partial charge on any atom is 0.258 e. The SMILES string of the molecule is C[C@H]1CN(C(=O)c2ccc3nc(-c4ccc(OCc5ccccc5)nc4OCc4ccccc4)oc3c2)c2cc(F)ccc21. The van der Waals surface area contributed by atoms with Gasteiger partial charge in [0.05, 0.1) is 11.3 Å². The molecule has 2 aromatic heterocycles. The van der Waals surface area contributed by atoms with Crippen molar-refractivity contribution in [3.63, 3.8) is 0 Å². The van der Waals surface area contributed by atoms with Crippen LogP contribution >= 0.6 is 0 Å². The first-order valence-corrected chi connectivity index (χ1v) is 14.4. The van der Waals surface area contributed by atoms with Crippen molar-refractivity contribution in [2.45, 2.75) is 26.1 Å². The molecular weight excluding hydrogens is 557 g/mol. The van der Waals surface area contributed by atoms with Gasteiger partial charge in [0.25, 0.3) is 5.91 Å². The fraction of sp³-hybridized carbons (Fsp3) is 0.139. The Morgan fingerprint density at radius 2 is 1.59 bits per heavy atom. The normalized spacial score (nSPS) is 14.0. The third-order valence-corrected chi connectivity index (χ3v) is 7.66. The summed E-state index contributed by atoms with van der Waals surface area (Å²) in [6, 6.07) is 32.9. The lowest BCUT2D eigenvalue weighted by molar-refractivity contribution is 0.0988. The minimum absolute atomic E-state index is 0.108. The Labute approximate surface area is 253 Å². The average Bonchev–Trinajstić information content (AvgIpc) is 3.63. The summed E-state index contributed by atoms with van der Waals surface area (Å²) in [6.45, 7) is 3.15. The molecule has 0 saturated heterocycles. The standard InChI is InChI=1S/C36H28FN3O4/c1-23-20-40(31-19-27(37)13-14-28(23)31)36(41)26-12-16-30-32(18-26)44-35(38-30)29-15-17-33(42-21-24-8-4-2-5-9-24)39-34(29)43-22-25-10-6-3-7-11-25/h2-19,23H,20-22H2,1H3/t23-/m0/s1. The van der Waals surface area contributed by atoms with E-state index in [1.807, 2.05) is 73.7 Å². The average molecular weight is 586 g/mol. The lowest BCUT2D eigenvalue weighted by Gasteiger charge is -2.17. The molecule has 7 nitrogen and oxygen atoms in total. The van der Waals surface area contributed by atoms with Gasteiger partial charge in [-0.3, -0.25) is 4.79 Å². The Bertz CT molecular complexity index is 1960. The molecule has 44 heavy (non-hydrogen) atoms. The van der Waals surface area contributed by atoms with Crippen molar-refractivity contribution in [2.24, 2.45) is 0 Å². The van der Waals surface area contributed by atoms with Crippen molar-refractivity contribution in [1.29, 1.82) is 0 Å². The Morgan fingerprint density at radius 3 is 2.34 bits per heavy atom. The minimum Gasteiger partial charge on any atom is -0.473 e. The van der Waals surface area contributed by atoms with Crippen LogP contribution in [-0.2, 0) is 13.2 Å². The van der Waals surface area contributed by atoms with Gasteiger partial charge in [0, 0.05) is 24.1 Å². The van der Waals surface area contributed by atoms with Gasteiger partial charge in [-0.1, -0.05) is 73.7 Å². The van der Waals surface area contributed by atoms with E-state index < -0.39 is 0 Å². The van der Waals surface area contributed by atoms with E-state index in [1.54, 1.807) is 35.2 Å². The number of fused-ring (bicyclic) bond motifs is 2. The van der Waals surface area contributed by atoms with Crippen LogP contribution in [0, 0.1) is 5.82 Å². The second-order valence-electron chi connectivity index (χ2n) is 10.8.